The van der Waals surface area contributed by atoms with Gasteiger partial charge in [0.15, 0.2) is 0 Å². The van der Waals surface area contributed by atoms with E-state index in [1.54, 1.807) is 4.90 Å². The second-order valence-corrected chi connectivity index (χ2v) is 6.59. The molecular weight excluding hydrogens is 356 g/mol. The van der Waals surface area contributed by atoms with Crippen LogP contribution in [-0.4, -0.2) is 61.9 Å². The van der Waals surface area contributed by atoms with Gasteiger partial charge in [0.2, 0.25) is 17.7 Å². The summed E-state index contributed by atoms with van der Waals surface area (Å²) in [5, 5.41) is 5.76. The maximum absolute atomic E-state index is 12.2. The number of nitrogens with zero attached hydrogens (tertiary/aromatic N) is 2. The summed E-state index contributed by atoms with van der Waals surface area (Å²) in [7, 11) is 0. The second-order valence-electron chi connectivity index (χ2n) is 6.15. The van der Waals surface area contributed by atoms with E-state index in [0.717, 1.165) is 12.1 Å². The van der Waals surface area contributed by atoms with E-state index < -0.39 is 0 Å². The number of benzene rings is 1. The Hall–Kier alpha value is -2.28. The lowest BCUT2D eigenvalue weighted by molar-refractivity contribution is -0.133. The van der Waals surface area contributed by atoms with Crippen molar-refractivity contribution in [1.82, 2.24) is 15.5 Å². The number of halogens is 1. The van der Waals surface area contributed by atoms with Gasteiger partial charge in [-0.2, -0.15) is 0 Å². The largest absolute Gasteiger partial charge is 0.368 e. The average molecular weight is 381 g/mol. The number of carbonyl (C=O) groups is 3. The van der Waals surface area contributed by atoms with Crippen molar-refractivity contribution in [3.63, 3.8) is 0 Å². The van der Waals surface area contributed by atoms with Gasteiger partial charge < -0.3 is 20.4 Å². The number of carbonyl (C=O) groups excluding carboxylic acids is 3. The summed E-state index contributed by atoms with van der Waals surface area (Å²) < 4.78 is 0. The van der Waals surface area contributed by atoms with E-state index in [1.807, 2.05) is 31.2 Å². The fraction of sp³-hybridized carbons (Fsp3) is 0.500. The summed E-state index contributed by atoms with van der Waals surface area (Å²) in [6.45, 7) is 4.35. The molecule has 0 radical (unpaired) electrons. The highest BCUT2D eigenvalue weighted by molar-refractivity contribution is 6.30. The highest BCUT2D eigenvalue weighted by Crippen LogP contribution is 2.20. The van der Waals surface area contributed by atoms with Crippen molar-refractivity contribution in [1.29, 1.82) is 0 Å². The van der Waals surface area contributed by atoms with Crippen molar-refractivity contribution >= 4 is 35.0 Å². The molecule has 1 aromatic carbocycles. The van der Waals surface area contributed by atoms with Gasteiger partial charge in [-0.05, 0) is 24.6 Å². The first-order chi connectivity index (χ1) is 12.5. The fourth-order valence-electron chi connectivity index (χ4n) is 2.73. The Balaban J connectivity index is 1.69. The number of nitrogens with one attached hydrogen (secondary N) is 2. The Labute approximate surface area is 158 Å². The number of hydrogen-bond donors (Lipinski definition) is 2. The van der Waals surface area contributed by atoms with Crippen LogP contribution in [0.25, 0.3) is 0 Å². The van der Waals surface area contributed by atoms with Crippen LogP contribution in [0.1, 0.15) is 19.8 Å². The molecule has 1 heterocycles. The maximum Gasteiger partial charge on any atom is 0.242 e. The second kappa shape index (κ2) is 10.0. The van der Waals surface area contributed by atoms with Crippen LogP contribution in [0.15, 0.2) is 24.3 Å². The predicted molar refractivity (Wildman–Crippen MR) is 101 cm³/mol. The monoisotopic (exact) mass is 380 g/mol. The third kappa shape index (κ3) is 6.22. The van der Waals surface area contributed by atoms with Gasteiger partial charge in [0.05, 0.1) is 13.1 Å². The molecule has 142 valence electrons. The van der Waals surface area contributed by atoms with Crippen LogP contribution < -0.4 is 15.5 Å². The lowest BCUT2D eigenvalue weighted by atomic mass is 10.2. The third-order valence-electron chi connectivity index (χ3n) is 4.17. The summed E-state index contributed by atoms with van der Waals surface area (Å²) in [6, 6.07) is 7.64. The Morgan fingerprint density at radius 3 is 2.38 bits per heavy atom. The van der Waals surface area contributed by atoms with Crippen LogP contribution in [0.4, 0.5) is 5.69 Å². The first-order valence-electron chi connectivity index (χ1n) is 8.81. The topological polar surface area (TPSA) is 81.8 Å². The molecule has 8 heteroatoms. The van der Waals surface area contributed by atoms with Crippen LogP contribution in [0, 0.1) is 0 Å². The lowest BCUT2D eigenvalue weighted by Gasteiger charge is -2.36. The zero-order chi connectivity index (χ0) is 18.9. The minimum Gasteiger partial charge on any atom is -0.368 e. The van der Waals surface area contributed by atoms with Gasteiger partial charge in [0.25, 0.3) is 0 Å². The Morgan fingerprint density at radius 1 is 1.04 bits per heavy atom. The molecule has 0 bridgehead atoms. The summed E-state index contributed by atoms with van der Waals surface area (Å²) in [5.74, 6) is -0.643. The highest BCUT2D eigenvalue weighted by Gasteiger charge is 2.21. The number of hydrogen-bond acceptors (Lipinski definition) is 4. The SMILES string of the molecule is CCCC(=O)NCC(=O)NCC(=O)N1CCN(c2cccc(Cl)c2)CC1. The molecule has 1 aliphatic rings. The summed E-state index contributed by atoms with van der Waals surface area (Å²) in [4.78, 5) is 39.1. The molecule has 2 rings (SSSR count). The number of anilines is 1. The lowest BCUT2D eigenvalue weighted by Crippen LogP contribution is -2.51. The van der Waals surface area contributed by atoms with E-state index >= 15 is 0 Å². The van der Waals surface area contributed by atoms with Gasteiger partial charge in [0.1, 0.15) is 0 Å². The molecule has 0 unspecified atom stereocenters. The average Bonchev–Trinajstić information content (AvgIpc) is 2.65. The number of piperazine rings is 1. The van der Waals surface area contributed by atoms with E-state index in [9.17, 15) is 14.4 Å². The third-order valence-corrected chi connectivity index (χ3v) is 4.40. The minimum atomic E-state index is -0.361. The van der Waals surface area contributed by atoms with Crippen LogP contribution in [0.3, 0.4) is 0 Å². The molecule has 0 aliphatic carbocycles. The van der Waals surface area contributed by atoms with Gasteiger partial charge in [-0.25, -0.2) is 0 Å². The van der Waals surface area contributed by atoms with Crippen LogP contribution in [0.5, 0.6) is 0 Å². The van der Waals surface area contributed by atoms with Crippen molar-refractivity contribution < 1.29 is 14.4 Å². The Kier molecular flexibility index (Phi) is 7.72. The van der Waals surface area contributed by atoms with Gasteiger partial charge in [-0.15, -0.1) is 0 Å². The minimum absolute atomic E-state index is 0.0559. The van der Waals surface area contributed by atoms with Gasteiger partial charge in [-0.3, -0.25) is 14.4 Å². The van der Waals surface area contributed by atoms with Crippen molar-refractivity contribution in [3.8, 4) is 0 Å². The molecule has 0 spiro atoms. The zero-order valence-electron chi connectivity index (χ0n) is 15.0. The van der Waals surface area contributed by atoms with E-state index in [0.29, 0.717) is 37.6 Å². The molecule has 2 N–H and O–H groups in total. The van der Waals surface area contributed by atoms with Crippen molar-refractivity contribution in [2.45, 2.75) is 19.8 Å². The standard InChI is InChI=1S/C18H25ClN4O3/c1-2-4-16(24)20-12-17(25)21-13-18(26)23-9-7-22(8-10-23)15-6-3-5-14(19)11-15/h3,5-6,11H,2,4,7-10,12-13H2,1H3,(H,20,24)(H,21,25). The van der Waals surface area contributed by atoms with E-state index in [1.165, 1.54) is 0 Å². The zero-order valence-corrected chi connectivity index (χ0v) is 15.7. The molecule has 1 aromatic rings. The van der Waals surface area contributed by atoms with E-state index in [2.05, 4.69) is 15.5 Å². The molecule has 1 saturated heterocycles. The van der Waals surface area contributed by atoms with Crippen LogP contribution in [-0.2, 0) is 14.4 Å². The molecule has 1 aliphatic heterocycles. The summed E-state index contributed by atoms with van der Waals surface area (Å²) in [6.07, 6.45) is 1.12. The van der Waals surface area contributed by atoms with Gasteiger partial charge >= 0.3 is 0 Å². The van der Waals surface area contributed by atoms with Gasteiger partial charge in [-0.1, -0.05) is 24.6 Å². The molecule has 7 nitrogen and oxygen atoms in total. The van der Waals surface area contributed by atoms with Gasteiger partial charge in [0, 0.05) is 43.3 Å². The maximum atomic E-state index is 12.2. The number of amides is 3. The van der Waals surface area contributed by atoms with Crippen molar-refractivity contribution in [2.75, 3.05) is 44.2 Å². The molecule has 1 fully saturated rings. The molecule has 3 amide bonds. The van der Waals surface area contributed by atoms with Crippen LogP contribution in [0.2, 0.25) is 5.02 Å². The smallest absolute Gasteiger partial charge is 0.242 e. The van der Waals surface area contributed by atoms with E-state index in [4.69, 9.17) is 11.6 Å². The van der Waals surface area contributed by atoms with Crippen molar-refractivity contribution in [2.24, 2.45) is 0 Å². The van der Waals surface area contributed by atoms with Crippen LogP contribution >= 0.6 is 11.6 Å². The normalized spacial score (nSPS) is 14.1. The molecule has 26 heavy (non-hydrogen) atoms. The molecule has 0 saturated carbocycles. The quantitative estimate of drug-likeness (QED) is 0.740. The molecule has 0 aromatic heterocycles. The Morgan fingerprint density at radius 2 is 1.73 bits per heavy atom. The fourth-order valence-corrected chi connectivity index (χ4v) is 2.91. The Bertz CT molecular complexity index is 645. The first-order valence-corrected chi connectivity index (χ1v) is 9.19. The van der Waals surface area contributed by atoms with Crippen molar-refractivity contribution in [3.05, 3.63) is 29.3 Å². The van der Waals surface area contributed by atoms with E-state index in [-0.39, 0.29) is 30.8 Å². The predicted octanol–water partition coefficient (Wildman–Crippen LogP) is 1.02. The first kappa shape index (κ1) is 20.0. The molecule has 0 atom stereocenters. The summed E-state index contributed by atoms with van der Waals surface area (Å²) >= 11 is 6.02. The number of rotatable bonds is 7. The molecular formula is C18H25ClN4O3. The highest BCUT2D eigenvalue weighted by atomic mass is 35.5. The summed E-state index contributed by atoms with van der Waals surface area (Å²) in [5.41, 5.74) is 1.04.